The van der Waals surface area contributed by atoms with E-state index in [1.54, 1.807) is 6.20 Å². The minimum atomic E-state index is 0.0817. The third-order valence-electron chi connectivity index (χ3n) is 2.81. The topological polar surface area (TPSA) is 42.4 Å². The first kappa shape index (κ1) is 12.0. The number of hydrogen-bond donors (Lipinski definition) is 0. The van der Waals surface area contributed by atoms with Crippen molar-refractivity contribution in [1.29, 1.82) is 0 Å². The number of carbonyl (C=O) groups excluding carboxylic acids is 1. The highest BCUT2D eigenvalue weighted by Gasteiger charge is 2.32. The van der Waals surface area contributed by atoms with E-state index in [2.05, 4.69) is 4.98 Å². The molecule has 2 rings (SSSR count). The van der Waals surface area contributed by atoms with Crippen molar-refractivity contribution >= 4 is 5.91 Å². The molecule has 0 N–H and O–H groups in total. The van der Waals surface area contributed by atoms with Crippen LogP contribution in [-0.4, -0.2) is 35.0 Å². The average molecular weight is 234 g/mol. The van der Waals surface area contributed by atoms with Gasteiger partial charge in [0.1, 0.15) is 6.61 Å². The zero-order valence-corrected chi connectivity index (χ0v) is 10.1. The molecule has 1 saturated carbocycles. The van der Waals surface area contributed by atoms with Gasteiger partial charge < -0.3 is 9.64 Å². The zero-order valence-electron chi connectivity index (χ0n) is 10.1. The van der Waals surface area contributed by atoms with Crippen LogP contribution in [-0.2, 0) is 16.1 Å². The van der Waals surface area contributed by atoms with Gasteiger partial charge >= 0.3 is 0 Å². The predicted octanol–water partition coefficient (Wildman–Crippen LogP) is 1.61. The smallest absolute Gasteiger partial charge is 0.249 e. The summed E-state index contributed by atoms with van der Waals surface area (Å²) in [5.41, 5.74) is 1.07. The normalized spacial score (nSPS) is 14.6. The van der Waals surface area contributed by atoms with Crippen molar-refractivity contribution in [2.45, 2.75) is 32.4 Å². The van der Waals surface area contributed by atoms with Crippen molar-refractivity contribution < 1.29 is 9.53 Å². The van der Waals surface area contributed by atoms with Crippen LogP contribution in [0.15, 0.2) is 24.5 Å². The molecule has 1 heterocycles. The van der Waals surface area contributed by atoms with Gasteiger partial charge in [0.2, 0.25) is 5.91 Å². The van der Waals surface area contributed by atoms with Crippen molar-refractivity contribution in [2.75, 3.05) is 13.2 Å². The van der Waals surface area contributed by atoms with Crippen LogP contribution in [0.5, 0.6) is 0 Å². The van der Waals surface area contributed by atoms with Gasteiger partial charge in [0.25, 0.3) is 0 Å². The molecule has 1 aromatic heterocycles. The van der Waals surface area contributed by atoms with Gasteiger partial charge in [0.15, 0.2) is 0 Å². The fourth-order valence-electron chi connectivity index (χ4n) is 1.77. The minimum absolute atomic E-state index is 0.0817. The van der Waals surface area contributed by atoms with Crippen LogP contribution in [0, 0.1) is 0 Å². The first-order valence-electron chi connectivity index (χ1n) is 6.07. The maximum absolute atomic E-state index is 12.0. The second-order valence-corrected chi connectivity index (χ2v) is 4.25. The van der Waals surface area contributed by atoms with Gasteiger partial charge in [0.05, 0.1) is 0 Å². The lowest BCUT2D eigenvalue weighted by molar-refractivity contribution is -0.137. The van der Waals surface area contributed by atoms with E-state index < -0.39 is 0 Å². The van der Waals surface area contributed by atoms with Crippen LogP contribution >= 0.6 is 0 Å². The van der Waals surface area contributed by atoms with Gasteiger partial charge in [-0.05, 0) is 31.4 Å². The van der Waals surface area contributed by atoms with E-state index in [-0.39, 0.29) is 12.5 Å². The van der Waals surface area contributed by atoms with Crippen LogP contribution in [0.25, 0.3) is 0 Å². The highest BCUT2D eigenvalue weighted by Crippen LogP contribution is 2.28. The molecule has 4 heteroatoms. The van der Waals surface area contributed by atoms with E-state index in [1.165, 1.54) is 0 Å². The molecule has 1 aromatic rings. The molecule has 1 fully saturated rings. The number of aromatic nitrogens is 1. The Morgan fingerprint density at radius 1 is 1.59 bits per heavy atom. The second-order valence-electron chi connectivity index (χ2n) is 4.25. The molecule has 0 bridgehead atoms. The molecule has 17 heavy (non-hydrogen) atoms. The van der Waals surface area contributed by atoms with E-state index in [4.69, 9.17) is 4.74 Å². The fourth-order valence-corrected chi connectivity index (χ4v) is 1.77. The van der Waals surface area contributed by atoms with E-state index in [0.717, 1.165) is 18.4 Å². The number of ether oxygens (including phenoxy) is 1. The molecule has 92 valence electrons. The standard InChI is InChI=1S/C13H18N2O2/c1-2-17-10-13(16)15(12-5-6-12)9-11-4-3-7-14-8-11/h3-4,7-8,12H,2,5-6,9-10H2,1H3. The summed E-state index contributed by atoms with van der Waals surface area (Å²) >= 11 is 0. The Hall–Kier alpha value is -1.42. The number of rotatable bonds is 6. The molecule has 1 aliphatic rings. The average Bonchev–Trinajstić information content (AvgIpc) is 3.18. The maximum Gasteiger partial charge on any atom is 0.249 e. The Kier molecular flexibility index (Phi) is 4.09. The van der Waals surface area contributed by atoms with Gasteiger partial charge in [-0.15, -0.1) is 0 Å². The van der Waals surface area contributed by atoms with E-state index in [1.807, 2.05) is 30.2 Å². The quantitative estimate of drug-likeness (QED) is 0.751. The Balaban J connectivity index is 1.95. The van der Waals surface area contributed by atoms with Gasteiger partial charge in [-0.1, -0.05) is 6.07 Å². The number of carbonyl (C=O) groups is 1. The Morgan fingerprint density at radius 3 is 3.00 bits per heavy atom. The molecule has 0 unspecified atom stereocenters. The SMILES string of the molecule is CCOCC(=O)N(Cc1cccnc1)C1CC1. The molecular weight excluding hydrogens is 216 g/mol. The van der Waals surface area contributed by atoms with Crippen molar-refractivity contribution in [3.63, 3.8) is 0 Å². The minimum Gasteiger partial charge on any atom is -0.372 e. The van der Waals surface area contributed by atoms with Gasteiger partial charge in [0, 0.05) is 31.6 Å². The maximum atomic E-state index is 12.0. The third kappa shape index (κ3) is 3.53. The summed E-state index contributed by atoms with van der Waals surface area (Å²) in [5, 5.41) is 0. The summed E-state index contributed by atoms with van der Waals surface area (Å²) in [6.45, 7) is 3.31. The zero-order chi connectivity index (χ0) is 12.1. The number of hydrogen-bond acceptors (Lipinski definition) is 3. The highest BCUT2D eigenvalue weighted by atomic mass is 16.5. The van der Waals surface area contributed by atoms with Crippen LogP contribution in [0.2, 0.25) is 0 Å². The first-order valence-corrected chi connectivity index (χ1v) is 6.07. The molecule has 1 aliphatic carbocycles. The molecule has 0 aromatic carbocycles. The molecule has 0 atom stereocenters. The summed E-state index contributed by atoms with van der Waals surface area (Å²) in [4.78, 5) is 17.9. The monoisotopic (exact) mass is 234 g/mol. The van der Waals surface area contributed by atoms with Gasteiger partial charge in [-0.25, -0.2) is 0 Å². The Bertz CT molecular complexity index is 363. The van der Waals surface area contributed by atoms with Crippen LogP contribution in [0.4, 0.5) is 0 Å². The Labute approximate surface area is 102 Å². The number of amides is 1. The van der Waals surface area contributed by atoms with Crippen molar-refractivity contribution in [1.82, 2.24) is 9.88 Å². The van der Waals surface area contributed by atoms with Crippen LogP contribution in [0.3, 0.4) is 0 Å². The highest BCUT2D eigenvalue weighted by molar-refractivity contribution is 5.78. The lowest BCUT2D eigenvalue weighted by Gasteiger charge is -2.22. The lowest BCUT2D eigenvalue weighted by atomic mass is 10.2. The van der Waals surface area contributed by atoms with Crippen LogP contribution < -0.4 is 0 Å². The fraction of sp³-hybridized carbons (Fsp3) is 0.538. The number of pyridine rings is 1. The third-order valence-corrected chi connectivity index (χ3v) is 2.81. The summed E-state index contributed by atoms with van der Waals surface area (Å²) in [5.74, 6) is 0.0817. The van der Waals surface area contributed by atoms with Crippen LogP contribution in [0.1, 0.15) is 25.3 Å². The molecule has 0 spiro atoms. The second kappa shape index (κ2) is 5.77. The largest absolute Gasteiger partial charge is 0.372 e. The van der Waals surface area contributed by atoms with Gasteiger partial charge in [-0.3, -0.25) is 9.78 Å². The molecule has 4 nitrogen and oxygen atoms in total. The molecule has 0 saturated heterocycles. The number of nitrogens with zero attached hydrogens (tertiary/aromatic N) is 2. The summed E-state index contributed by atoms with van der Waals surface area (Å²) in [6.07, 6.45) is 5.77. The van der Waals surface area contributed by atoms with E-state index in [9.17, 15) is 4.79 Å². The summed E-state index contributed by atoms with van der Waals surface area (Å²) in [6, 6.07) is 4.30. The van der Waals surface area contributed by atoms with Gasteiger partial charge in [-0.2, -0.15) is 0 Å². The molecule has 0 radical (unpaired) electrons. The first-order chi connectivity index (χ1) is 8.31. The van der Waals surface area contributed by atoms with E-state index >= 15 is 0 Å². The summed E-state index contributed by atoms with van der Waals surface area (Å²) in [7, 11) is 0. The molecule has 0 aliphatic heterocycles. The molecule has 1 amide bonds. The summed E-state index contributed by atoms with van der Waals surface area (Å²) < 4.78 is 5.19. The molecular formula is C13H18N2O2. The van der Waals surface area contributed by atoms with E-state index in [0.29, 0.717) is 19.2 Å². The lowest BCUT2D eigenvalue weighted by Crippen LogP contribution is -2.35. The predicted molar refractivity (Wildman–Crippen MR) is 64.3 cm³/mol. The van der Waals surface area contributed by atoms with Crippen molar-refractivity contribution in [3.05, 3.63) is 30.1 Å². The van der Waals surface area contributed by atoms with Crippen molar-refractivity contribution in [3.8, 4) is 0 Å². The van der Waals surface area contributed by atoms with Crippen molar-refractivity contribution in [2.24, 2.45) is 0 Å². The Morgan fingerprint density at radius 2 is 2.41 bits per heavy atom.